The highest BCUT2D eigenvalue weighted by Gasteiger charge is 2.13. The van der Waals surface area contributed by atoms with Gasteiger partial charge in [-0.2, -0.15) is 0 Å². The van der Waals surface area contributed by atoms with E-state index in [9.17, 15) is 9.59 Å². The molecule has 1 aromatic heterocycles. The molecule has 0 unspecified atom stereocenters. The highest BCUT2D eigenvalue weighted by atomic mass is 16.5. The summed E-state index contributed by atoms with van der Waals surface area (Å²) in [5.41, 5.74) is 6.47. The van der Waals surface area contributed by atoms with Gasteiger partial charge in [-0.3, -0.25) is 25.0 Å². The summed E-state index contributed by atoms with van der Waals surface area (Å²) in [4.78, 5) is 29.4. The van der Waals surface area contributed by atoms with Crippen LogP contribution >= 0.6 is 0 Å². The van der Waals surface area contributed by atoms with E-state index in [2.05, 4.69) is 15.8 Å². The maximum absolute atomic E-state index is 12.6. The lowest BCUT2D eigenvalue weighted by Crippen LogP contribution is -2.35. The molecule has 28 heavy (non-hydrogen) atoms. The topological polar surface area (TPSA) is 94.5 Å². The number of ether oxygens (including phenoxy) is 2. The van der Waals surface area contributed by atoms with Gasteiger partial charge in [-0.05, 0) is 25.1 Å². The van der Waals surface area contributed by atoms with Gasteiger partial charge >= 0.3 is 0 Å². The molecular weight excluding hydrogens is 360 g/mol. The second-order valence-electron chi connectivity index (χ2n) is 6.03. The Morgan fingerprint density at radius 3 is 2.64 bits per heavy atom. The Hall–Kier alpha value is -3.55. The van der Waals surface area contributed by atoms with Crippen LogP contribution in [0.1, 0.15) is 12.5 Å². The fraction of sp³-hybridized carbons (Fsp3) is 0.250. The molecule has 8 nitrogen and oxygen atoms in total. The van der Waals surface area contributed by atoms with Gasteiger partial charge in [0.25, 0.3) is 5.56 Å². The van der Waals surface area contributed by atoms with Crippen molar-refractivity contribution in [2.24, 2.45) is 0 Å². The molecule has 0 atom stereocenters. The molecule has 0 saturated carbocycles. The van der Waals surface area contributed by atoms with Gasteiger partial charge in [-0.15, -0.1) is 0 Å². The first-order valence-electron chi connectivity index (χ1n) is 8.82. The van der Waals surface area contributed by atoms with E-state index in [1.807, 2.05) is 13.0 Å². The van der Waals surface area contributed by atoms with Crippen molar-refractivity contribution in [2.75, 3.05) is 19.6 Å². The molecular formula is C20H22N4O4. The van der Waals surface area contributed by atoms with E-state index in [0.717, 1.165) is 0 Å². The van der Waals surface area contributed by atoms with Gasteiger partial charge in [-0.25, -0.2) is 4.98 Å². The molecule has 0 aliphatic rings. The zero-order chi connectivity index (χ0) is 20.1. The molecule has 3 aromatic rings. The van der Waals surface area contributed by atoms with Crippen LogP contribution < -0.4 is 25.9 Å². The van der Waals surface area contributed by atoms with E-state index in [0.29, 0.717) is 34.5 Å². The normalized spacial score (nSPS) is 10.5. The van der Waals surface area contributed by atoms with Gasteiger partial charge in [-0.1, -0.05) is 18.2 Å². The molecule has 2 aromatic carbocycles. The fourth-order valence-corrected chi connectivity index (χ4v) is 2.90. The molecule has 0 radical (unpaired) electrons. The number of para-hydroxylation sites is 1. The molecule has 0 aliphatic carbocycles. The minimum atomic E-state index is -0.298. The number of aromatic nitrogens is 2. The number of hydrazine groups is 1. The first-order valence-corrected chi connectivity index (χ1v) is 8.82. The number of rotatable bonds is 7. The van der Waals surface area contributed by atoms with Crippen LogP contribution in [0.25, 0.3) is 10.9 Å². The van der Waals surface area contributed by atoms with E-state index in [-0.39, 0.29) is 23.8 Å². The molecule has 0 spiro atoms. The molecule has 0 bridgehead atoms. The van der Waals surface area contributed by atoms with Crippen molar-refractivity contribution >= 4 is 22.8 Å². The quantitative estimate of drug-likeness (QED) is 0.608. The summed E-state index contributed by atoms with van der Waals surface area (Å²) in [6.45, 7) is 2.26. The summed E-state index contributed by atoms with van der Waals surface area (Å²) < 4.78 is 11.9. The molecule has 0 saturated heterocycles. The lowest BCUT2D eigenvalue weighted by atomic mass is 10.1. The molecule has 1 amide bonds. The lowest BCUT2D eigenvalue weighted by molar-refractivity contribution is -0.120. The number of nitrogens with one attached hydrogen (secondary N) is 2. The summed E-state index contributed by atoms with van der Waals surface area (Å²) in [6.07, 6.45) is 0.0874. The number of carbonyl (C=O) groups excluding carboxylic acids is 1. The summed E-state index contributed by atoms with van der Waals surface area (Å²) >= 11 is 0. The zero-order valence-corrected chi connectivity index (χ0v) is 16.0. The number of anilines is 1. The number of hydrogen-bond acceptors (Lipinski definition) is 6. The highest BCUT2D eigenvalue weighted by molar-refractivity contribution is 5.81. The standard InChI is InChI=1S/C20H22N4O4/c1-4-24-19(26)15-7-5-6-8-16(15)21-20(24)23-22-18(25)11-13-9-10-14(27-2)12-17(13)28-3/h5-10,12H,4,11H2,1-3H3,(H,21,23)(H,22,25). The summed E-state index contributed by atoms with van der Waals surface area (Å²) in [6, 6.07) is 12.3. The number of methoxy groups -OCH3 is 2. The van der Waals surface area contributed by atoms with Crippen LogP contribution in [0.3, 0.4) is 0 Å². The predicted octanol–water partition coefficient (Wildman–Crippen LogP) is 2.12. The molecule has 0 fully saturated rings. The summed E-state index contributed by atoms with van der Waals surface area (Å²) in [5.74, 6) is 1.19. The molecule has 0 aliphatic heterocycles. The summed E-state index contributed by atoms with van der Waals surface area (Å²) in [7, 11) is 3.10. The predicted molar refractivity (Wildman–Crippen MR) is 107 cm³/mol. The minimum absolute atomic E-state index is 0.0874. The van der Waals surface area contributed by atoms with Crippen molar-refractivity contribution in [1.29, 1.82) is 0 Å². The monoisotopic (exact) mass is 382 g/mol. The van der Waals surface area contributed by atoms with E-state index in [1.54, 1.807) is 43.5 Å². The van der Waals surface area contributed by atoms with Crippen molar-refractivity contribution in [3.63, 3.8) is 0 Å². The largest absolute Gasteiger partial charge is 0.497 e. The van der Waals surface area contributed by atoms with Gasteiger partial charge in [0, 0.05) is 18.2 Å². The molecule has 1 heterocycles. The first-order chi connectivity index (χ1) is 13.6. The maximum atomic E-state index is 12.6. The average molecular weight is 382 g/mol. The lowest BCUT2D eigenvalue weighted by Gasteiger charge is -2.14. The van der Waals surface area contributed by atoms with Gasteiger partial charge in [0.1, 0.15) is 11.5 Å². The smallest absolute Gasteiger partial charge is 0.262 e. The second kappa shape index (κ2) is 8.43. The zero-order valence-electron chi connectivity index (χ0n) is 16.0. The van der Waals surface area contributed by atoms with Crippen LogP contribution in [-0.2, 0) is 17.8 Å². The van der Waals surface area contributed by atoms with Crippen LogP contribution in [0.15, 0.2) is 47.3 Å². The summed E-state index contributed by atoms with van der Waals surface area (Å²) in [5, 5.41) is 0.532. The maximum Gasteiger partial charge on any atom is 0.262 e. The Kier molecular flexibility index (Phi) is 5.78. The number of hydrogen-bond donors (Lipinski definition) is 2. The van der Waals surface area contributed by atoms with Crippen molar-refractivity contribution < 1.29 is 14.3 Å². The van der Waals surface area contributed by atoms with Crippen molar-refractivity contribution in [2.45, 2.75) is 19.9 Å². The number of benzene rings is 2. The third kappa shape index (κ3) is 3.90. The van der Waals surface area contributed by atoms with Gasteiger partial charge in [0.2, 0.25) is 11.9 Å². The highest BCUT2D eigenvalue weighted by Crippen LogP contribution is 2.24. The van der Waals surface area contributed by atoms with Crippen LogP contribution in [0, 0.1) is 0 Å². The average Bonchev–Trinajstić information content (AvgIpc) is 2.72. The third-order valence-corrected chi connectivity index (χ3v) is 4.34. The van der Waals surface area contributed by atoms with Gasteiger partial charge < -0.3 is 9.47 Å². The fourth-order valence-electron chi connectivity index (χ4n) is 2.90. The van der Waals surface area contributed by atoms with Gasteiger partial charge in [0.15, 0.2) is 0 Å². The van der Waals surface area contributed by atoms with E-state index < -0.39 is 0 Å². The van der Waals surface area contributed by atoms with Crippen molar-refractivity contribution in [3.05, 3.63) is 58.4 Å². The first kappa shape index (κ1) is 19.2. The molecule has 8 heteroatoms. The second-order valence-corrected chi connectivity index (χ2v) is 6.03. The molecule has 146 valence electrons. The number of amides is 1. The number of carbonyl (C=O) groups is 1. The van der Waals surface area contributed by atoms with Crippen LogP contribution in [0.4, 0.5) is 5.95 Å². The van der Waals surface area contributed by atoms with Crippen LogP contribution in [0.5, 0.6) is 11.5 Å². The van der Waals surface area contributed by atoms with Crippen molar-refractivity contribution in [3.8, 4) is 11.5 Å². The number of nitrogens with zero attached hydrogens (tertiary/aromatic N) is 2. The Balaban J connectivity index is 1.77. The minimum Gasteiger partial charge on any atom is -0.497 e. The third-order valence-electron chi connectivity index (χ3n) is 4.34. The van der Waals surface area contributed by atoms with E-state index in [1.165, 1.54) is 11.7 Å². The van der Waals surface area contributed by atoms with Crippen LogP contribution in [0.2, 0.25) is 0 Å². The van der Waals surface area contributed by atoms with E-state index in [4.69, 9.17) is 9.47 Å². The Morgan fingerprint density at radius 1 is 1.14 bits per heavy atom. The molecule has 2 N–H and O–H groups in total. The van der Waals surface area contributed by atoms with Crippen LogP contribution in [-0.4, -0.2) is 29.7 Å². The Bertz CT molecular complexity index is 1060. The Labute approximate surface area is 162 Å². The molecule has 3 rings (SSSR count). The SMILES string of the molecule is CCn1c(NNC(=O)Cc2ccc(OC)cc2OC)nc2ccccc2c1=O. The van der Waals surface area contributed by atoms with Gasteiger partial charge in [0.05, 0.1) is 31.5 Å². The number of fused-ring (bicyclic) bond motifs is 1. The van der Waals surface area contributed by atoms with Crippen molar-refractivity contribution in [1.82, 2.24) is 15.0 Å². The Morgan fingerprint density at radius 2 is 1.93 bits per heavy atom. The van der Waals surface area contributed by atoms with E-state index >= 15 is 0 Å².